The average Bonchev–Trinajstić information content (AvgIpc) is 3.08. The van der Waals surface area contributed by atoms with Crippen LogP contribution in [-0.2, 0) is 22.5 Å². The summed E-state index contributed by atoms with van der Waals surface area (Å²) in [5.41, 5.74) is 2.29. The largest absolute Gasteiger partial charge is 0.444 e. The van der Waals surface area contributed by atoms with Gasteiger partial charge in [-0.15, -0.1) is 0 Å². The lowest BCUT2D eigenvalue weighted by molar-refractivity contribution is -0.123. The quantitative estimate of drug-likeness (QED) is 0.594. The molecule has 0 bridgehead atoms. The molecule has 3 rings (SSSR count). The number of nitrogens with one attached hydrogen (secondary N) is 3. The number of rotatable bonds is 6. The molecule has 1 heterocycles. The number of aromatic nitrogens is 1. The van der Waals surface area contributed by atoms with Crippen molar-refractivity contribution in [2.75, 3.05) is 0 Å². The number of carbonyl (C=O) groups is 2. The van der Waals surface area contributed by atoms with E-state index in [1.807, 2.05) is 60.8 Å². The van der Waals surface area contributed by atoms with Crippen molar-refractivity contribution in [1.82, 2.24) is 15.6 Å². The van der Waals surface area contributed by atoms with Gasteiger partial charge in [-0.1, -0.05) is 48.5 Å². The van der Waals surface area contributed by atoms with Crippen LogP contribution in [0.5, 0.6) is 0 Å². The SMILES string of the molecule is CC(C)(C)OC(=O)N[C@H](Cc1c[nH]c2ccccc12)C(=O)NCc1ccccc1. The molecule has 6 heteroatoms. The molecule has 3 aromatic rings. The number of carbonyl (C=O) groups excluding carboxylic acids is 2. The zero-order valence-electron chi connectivity index (χ0n) is 17.0. The second-order valence-corrected chi connectivity index (χ2v) is 7.97. The van der Waals surface area contributed by atoms with Crippen molar-refractivity contribution in [3.05, 3.63) is 71.9 Å². The van der Waals surface area contributed by atoms with E-state index in [2.05, 4.69) is 15.6 Å². The van der Waals surface area contributed by atoms with Gasteiger partial charge in [0.1, 0.15) is 11.6 Å². The number of H-pyrrole nitrogens is 1. The third kappa shape index (κ3) is 5.85. The van der Waals surface area contributed by atoms with Crippen molar-refractivity contribution in [1.29, 1.82) is 0 Å². The molecule has 0 aliphatic rings. The second-order valence-electron chi connectivity index (χ2n) is 7.97. The zero-order valence-corrected chi connectivity index (χ0v) is 17.0. The maximum atomic E-state index is 12.9. The first kappa shape index (κ1) is 20.5. The molecule has 2 aromatic carbocycles. The minimum absolute atomic E-state index is 0.259. The normalized spacial score (nSPS) is 12.4. The Balaban J connectivity index is 1.75. The number of benzene rings is 2. The fraction of sp³-hybridized carbons (Fsp3) is 0.304. The van der Waals surface area contributed by atoms with E-state index in [-0.39, 0.29) is 5.91 Å². The summed E-state index contributed by atoms with van der Waals surface area (Å²) in [4.78, 5) is 28.4. The van der Waals surface area contributed by atoms with Crippen LogP contribution < -0.4 is 10.6 Å². The predicted molar refractivity (Wildman–Crippen MR) is 113 cm³/mol. The first-order chi connectivity index (χ1) is 13.8. The van der Waals surface area contributed by atoms with Gasteiger partial charge in [0.25, 0.3) is 0 Å². The van der Waals surface area contributed by atoms with E-state index in [1.54, 1.807) is 20.8 Å². The van der Waals surface area contributed by atoms with Gasteiger partial charge in [-0.2, -0.15) is 0 Å². The first-order valence-electron chi connectivity index (χ1n) is 9.68. The van der Waals surface area contributed by atoms with Gasteiger partial charge in [-0.25, -0.2) is 4.79 Å². The Morgan fingerprint density at radius 1 is 1.03 bits per heavy atom. The smallest absolute Gasteiger partial charge is 0.408 e. The Bertz CT molecular complexity index is 974. The number of alkyl carbamates (subject to hydrolysis) is 1. The molecule has 0 spiro atoms. The Morgan fingerprint density at radius 3 is 2.45 bits per heavy atom. The summed E-state index contributed by atoms with van der Waals surface area (Å²) in [5, 5.41) is 6.66. The van der Waals surface area contributed by atoms with Crippen LogP contribution in [0.15, 0.2) is 60.8 Å². The molecule has 0 fully saturated rings. The lowest BCUT2D eigenvalue weighted by Crippen LogP contribution is -2.49. The molecule has 6 nitrogen and oxygen atoms in total. The first-order valence-corrected chi connectivity index (χ1v) is 9.68. The molecule has 0 aliphatic carbocycles. The topological polar surface area (TPSA) is 83.2 Å². The molecule has 0 saturated heterocycles. The second kappa shape index (κ2) is 8.82. The summed E-state index contributed by atoms with van der Waals surface area (Å²) in [6, 6.07) is 16.8. The van der Waals surface area contributed by atoms with Gasteiger partial charge in [0.2, 0.25) is 5.91 Å². The van der Waals surface area contributed by atoms with E-state index in [4.69, 9.17) is 4.74 Å². The number of hydrogen-bond donors (Lipinski definition) is 3. The molecule has 1 atom stereocenters. The predicted octanol–water partition coefficient (Wildman–Crippen LogP) is 3.92. The summed E-state index contributed by atoms with van der Waals surface area (Å²) in [6.45, 7) is 5.75. The van der Waals surface area contributed by atoms with Crippen LogP contribution in [0.3, 0.4) is 0 Å². The summed E-state index contributed by atoms with van der Waals surface area (Å²) in [5.74, 6) is -0.259. The average molecular weight is 393 g/mol. The number of fused-ring (bicyclic) bond motifs is 1. The van der Waals surface area contributed by atoms with Gasteiger partial charge >= 0.3 is 6.09 Å². The minimum Gasteiger partial charge on any atom is -0.444 e. The highest BCUT2D eigenvalue weighted by molar-refractivity contribution is 5.88. The van der Waals surface area contributed by atoms with Gasteiger partial charge in [0.05, 0.1) is 0 Å². The molecule has 1 aromatic heterocycles. The Labute approximate surface area is 170 Å². The van der Waals surface area contributed by atoms with Gasteiger partial charge < -0.3 is 20.4 Å². The Kier molecular flexibility index (Phi) is 6.22. The van der Waals surface area contributed by atoms with Gasteiger partial charge in [0.15, 0.2) is 0 Å². The fourth-order valence-corrected chi connectivity index (χ4v) is 3.09. The van der Waals surface area contributed by atoms with E-state index in [0.717, 1.165) is 22.0 Å². The van der Waals surface area contributed by atoms with Crippen LogP contribution in [0.4, 0.5) is 4.79 Å². The molecular weight excluding hydrogens is 366 g/mol. The summed E-state index contributed by atoms with van der Waals surface area (Å²) >= 11 is 0. The van der Waals surface area contributed by atoms with Crippen molar-refractivity contribution in [2.45, 2.75) is 45.4 Å². The Hall–Kier alpha value is -3.28. The van der Waals surface area contributed by atoms with Crippen molar-refractivity contribution in [2.24, 2.45) is 0 Å². The van der Waals surface area contributed by atoms with Crippen LogP contribution >= 0.6 is 0 Å². The van der Waals surface area contributed by atoms with Gasteiger partial charge in [0, 0.05) is 30.1 Å². The third-order valence-corrected chi connectivity index (χ3v) is 4.42. The molecule has 0 saturated carbocycles. The minimum atomic E-state index is -0.757. The van der Waals surface area contributed by atoms with E-state index in [0.29, 0.717) is 13.0 Å². The molecular formula is C23H27N3O3. The van der Waals surface area contributed by atoms with Crippen molar-refractivity contribution in [3.8, 4) is 0 Å². The number of hydrogen-bond acceptors (Lipinski definition) is 3. The standard InChI is InChI=1S/C23H27N3O3/c1-23(2,3)29-22(28)26-20(21(27)25-14-16-9-5-4-6-10-16)13-17-15-24-19-12-8-7-11-18(17)19/h4-12,15,20,24H,13-14H2,1-3H3,(H,25,27)(H,26,28)/t20-/m1/s1. The molecule has 0 unspecified atom stereocenters. The molecule has 152 valence electrons. The maximum absolute atomic E-state index is 12.9. The summed E-state index contributed by atoms with van der Waals surface area (Å²) in [6.07, 6.45) is 1.61. The van der Waals surface area contributed by atoms with Gasteiger partial charge in [-0.05, 0) is 38.0 Å². The van der Waals surface area contributed by atoms with Crippen LogP contribution in [-0.4, -0.2) is 28.6 Å². The van der Waals surface area contributed by atoms with E-state index in [9.17, 15) is 9.59 Å². The van der Waals surface area contributed by atoms with Crippen molar-refractivity contribution in [3.63, 3.8) is 0 Å². The van der Waals surface area contributed by atoms with Crippen molar-refractivity contribution < 1.29 is 14.3 Å². The summed E-state index contributed by atoms with van der Waals surface area (Å²) < 4.78 is 5.35. The molecule has 3 N–H and O–H groups in total. The molecule has 29 heavy (non-hydrogen) atoms. The van der Waals surface area contributed by atoms with E-state index in [1.165, 1.54) is 0 Å². The number of aromatic amines is 1. The third-order valence-electron chi connectivity index (χ3n) is 4.42. The zero-order chi connectivity index (χ0) is 20.9. The van der Waals surface area contributed by atoms with E-state index < -0.39 is 17.7 Å². The molecule has 2 amide bonds. The lowest BCUT2D eigenvalue weighted by atomic mass is 10.0. The highest BCUT2D eigenvalue weighted by Gasteiger charge is 2.25. The van der Waals surface area contributed by atoms with Crippen LogP contribution in [0, 0.1) is 0 Å². The number of ether oxygens (including phenoxy) is 1. The maximum Gasteiger partial charge on any atom is 0.408 e. The van der Waals surface area contributed by atoms with Crippen LogP contribution in [0.25, 0.3) is 10.9 Å². The number of para-hydroxylation sites is 1. The fourth-order valence-electron chi connectivity index (χ4n) is 3.09. The number of amides is 2. The Morgan fingerprint density at radius 2 is 1.72 bits per heavy atom. The van der Waals surface area contributed by atoms with Crippen LogP contribution in [0.2, 0.25) is 0 Å². The van der Waals surface area contributed by atoms with Crippen LogP contribution in [0.1, 0.15) is 31.9 Å². The molecule has 0 radical (unpaired) electrons. The van der Waals surface area contributed by atoms with E-state index >= 15 is 0 Å². The highest BCUT2D eigenvalue weighted by atomic mass is 16.6. The summed E-state index contributed by atoms with van der Waals surface area (Å²) in [7, 11) is 0. The monoisotopic (exact) mass is 393 g/mol. The van der Waals surface area contributed by atoms with Crippen molar-refractivity contribution >= 4 is 22.9 Å². The lowest BCUT2D eigenvalue weighted by Gasteiger charge is -2.23. The highest BCUT2D eigenvalue weighted by Crippen LogP contribution is 2.19. The molecule has 0 aliphatic heterocycles. The van der Waals surface area contributed by atoms with Gasteiger partial charge in [-0.3, -0.25) is 4.79 Å².